The standard InChI is InChI=1S/C16H23NO2/c1-12-7-6-10-16(11-12,15(18)19-3)17-14-9-5-4-8-13(14)2/h4-5,8-9,12,17H,6-7,10-11H2,1-3H3. The van der Waals surface area contributed by atoms with Crippen molar-refractivity contribution in [1.29, 1.82) is 0 Å². The van der Waals surface area contributed by atoms with Gasteiger partial charge in [0.05, 0.1) is 7.11 Å². The molecule has 1 aliphatic rings. The van der Waals surface area contributed by atoms with Gasteiger partial charge in [0.15, 0.2) is 0 Å². The van der Waals surface area contributed by atoms with Crippen molar-refractivity contribution in [2.45, 2.75) is 45.1 Å². The molecular formula is C16H23NO2. The van der Waals surface area contributed by atoms with Crippen molar-refractivity contribution >= 4 is 11.7 Å². The number of carbonyl (C=O) groups is 1. The van der Waals surface area contributed by atoms with Crippen LogP contribution < -0.4 is 5.32 Å². The Kier molecular flexibility index (Phi) is 4.13. The van der Waals surface area contributed by atoms with E-state index in [1.54, 1.807) is 0 Å². The fourth-order valence-electron chi connectivity index (χ4n) is 3.07. The van der Waals surface area contributed by atoms with Gasteiger partial charge in [-0.15, -0.1) is 0 Å². The van der Waals surface area contributed by atoms with Crippen LogP contribution in [-0.4, -0.2) is 18.6 Å². The first-order chi connectivity index (χ1) is 9.07. The summed E-state index contributed by atoms with van der Waals surface area (Å²) in [6.45, 7) is 4.26. The highest BCUT2D eigenvalue weighted by atomic mass is 16.5. The molecule has 1 aromatic carbocycles. The Balaban J connectivity index is 2.28. The lowest BCUT2D eigenvalue weighted by atomic mass is 9.76. The molecule has 1 saturated carbocycles. The summed E-state index contributed by atoms with van der Waals surface area (Å²) in [5, 5.41) is 3.47. The second-order valence-corrected chi connectivity index (χ2v) is 5.72. The maximum absolute atomic E-state index is 12.3. The Hall–Kier alpha value is -1.51. The van der Waals surface area contributed by atoms with E-state index in [4.69, 9.17) is 4.74 Å². The van der Waals surface area contributed by atoms with Gasteiger partial charge in [-0.3, -0.25) is 0 Å². The van der Waals surface area contributed by atoms with E-state index in [9.17, 15) is 4.79 Å². The van der Waals surface area contributed by atoms with Gasteiger partial charge in [0.25, 0.3) is 0 Å². The number of ether oxygens (including phenoxy) is 1. The Labute approximate surface area is 115 Å². The van der Waals surface area contributed by atoms with E-state index >= 15 is 0 Å². The molecule has 2 unspecified atom stereocenters. The zero-order valence-corrected chi connectivity index (χ0v) is 12.0. The molecule has 2 atom stereocenters. The molecule has 0 heterocycles. The van der Waals surface area contributed by atoms with E-state index in [1.165, 1.54) is 13.5 Å². The summed E-state index contributed by atoms with van der Waals surface area (Å²) in [4.78, 5) is 12.3. The van der Waals surface area contributed by atoms with Crippen molar-refractivity contribution in [3.63, 3.8) is 0 Å². The Morgan fingerprint density at radius 2 is 2.16 bits per heavy atom. The van der Waals surface area contributed by atoms with Gasteiger partial charge in [0.1, 0.15) is 5.54 Å². The van der Waals surface area contributed by atoms with Gasteiger partial charge in [-0.25, -0.2) is 4.79 Å². The van der Waals surface area contributed by atoms with Crippen LogP contribution in [0.1, 0.15) is 38.2 Å². The normalized spacial score (nSPS) is 26.8. The van der Waals surface area contributed by atoms with Crippen LogP contribution in [0.4, 0.5) is 5.69 Å². The fourth-order valence-corrected chi connectivity index (χ4v) is 3.07. The summed E-state index contributed by atoms with van der Waals surface area (Å²) in [5.74, 6) is 0.409. The van der Waals surface area contributed by atoms with Crippen LogP contribution in [-0.2, 0) is 9.53 Å². The van der Waals surface area contributed by atoms with Gasteiger partial charge >= 0.3 is 5.97 Å². The average molecular weight is 261 g/mol. The third kappa shape index (κ3) is 2.91. The summed E-state index contributed by atoms with van der Waals surface area (Å²) in [7, 11) is 1.48. The van der Waals surface area contributed by atoms with E-state index in [1.807, 2.05) is 18.2 Å². The van der Waals surface area contributed by atoms with Crippen molar-refractivity contribution in [3.05, 3.63) is 29.8 Å². The highest BCUT2D eigenvalue weighted by Gasteiger charge is 2.42. The van der Waals surface area contributed by atoms with Gasteiger partial charge in [0, 0.05) is 5.69 Å². The lowest BCUT2D eigenvalue weighted by Crippen LogP contribution is -2.50. The number of methoxy groups -OCH3 is 1. The van der Waals surface area contributed by atoms with Gasteiger partial charge in [-0.2, -0.15) is 0 Å². The number of anilines is 1. The van der Waals surface area contributed by atoms with Gasteiger partial charge in [-0.05, 0) is 37.3 Å². The first kappa shape index (κ1) is 13.9. The summed E-state index contributed by atoms with van der Waals surface area (Å²) in [6.07, 6.45) is 3.94. The molecule has 1 N–H and O–H groups in total. The number of nitrogens with one attached hydrogen (secondary N) is 1. The molecule has 0 saturated heterocycles. The zero-order valence-electron chi connectivity index (χ0n) is 12.0. The number of hydrogen-bond donors (Lipinski definition) is 1. The molecule has 3 heteroatoms. The quantitative estimate of drug-likeness (QED) is 0.846. The van der Waals surface area contributed by atoms with Crippen molar-refractivity contribution < 1.29 is 9.53 Å². The lowest BCUT2D eigenvalue weighted by molar-refractivity contribution is -0.147. The number of rotatable bonds is 3. The largest absolute Gasteiger partial charge is 0.467 e. The number of benzene rings is 1. The first-order valence-corrected chi connectivity index (χ1v) is 6.99. The number of para-hydroxylation sites is 1. The molecule has 0 amide bonds. The minimum Gasteiger partial charge on any atom is -0.467 e. The fraction of sp³-hybridized carbons (Fsp3) is 0.562. The molecule has 1 aliphatic carbocycles. The Bertz CT molecular complexity index is 458. The summed E-state index contributed by atoms with van der Waals surface area (Å²) < 4.78 is 5.05. The van der Waals surface area contributed by atoms with Crippen molar-refractivity contribution in [2.24, 2.45) is 5.92 Å². The highest BCUT2D eigenvalue weighted by molar-refractivity contribution is 5.85. The SMILES string of the molecule is COC(=O)C1(Nc2ccccc2C)CCCC(C)C1. The number of hydrogen-bond acceptors (Lipinski definition) is 3. The van der Waals surface area contributed by atoms with Crippen molar-refractivity contribution in [2.75, 3.05) is 12.4 Å². The van der Waals surface area contributed by atoms with Crippen molar-refractivity contribution in [3.8, 4) is 0 Å². The Morgan fingerprint density at radius 3 is 2.79 bits per heavy atom. The molecule has 0 bridgehead atoms. The smallest absolute Gasteiger partial charge is 0.331 e. The second kappa shape index (κ2) is 5.64. The topological polar surface area (TPSA) is 38.3 Å². The van der Waals surface area contributed by atoms with E-state index in [2.05, 4.69) is 25.2 Å². The highest BCUT2D eigenvalue weighted by Crippen LogP contribution is 2.36. The van der Waals surface area contributed by atoms with Gasteiger partial charge < -0.3 is 10.1 Å². The van der Waals surface area contributed by atoms with Crippen LogP contribution in [0, 0.1) is 12.8 Å². The van der Waals surface area contributed by atoms with Crippen molar-refractivity contribution in [1.82, 2.24) is 0 Å². The average Bonchev–Trinajstić information content (AvgIpc) is 2.40. The molecule has 1 aromatic rings. The van der Waals surface area contributed by atoms with Gasteiger partial charge in [0.2, 0.25) is 0 Å². The molecule has 1 fully saturated rings. The minimum absolute atomic E-state index is 0.137. The predicted octanol–water partition coefficient (Wildman–Crippen LogP) is 3.53. The summed E-state index contributed by atoms with van der Waals surface area (Å²) in [5.41, 5.74) is 1.63. The van der Waals surface area contributed by atoms with Gasteiger partial charge in [-0.1, -0.05) is 38.0 Å². The zero-order chi connectivity index (χ0) is 13.9. The van der Waals surface area contributed by atoms with Crippen LogP contribution in [0.15, 0.2) is 24.3 Å². The Morgan fingerprint density at radius 1 is 1.42 bits per heavy atom. The number of carbonyl (C=O) groups excluding carboxylic acids is 1. The molecule has 0 radical (unpaired) electrons. The van der Waals surface area contributed by atoms with Crippen LogP contribution in [0.3, 0.4) is 0 Å². The molecule has 0 aliphatic heterocycles. The molecular weight excluding hydrogens is 238 g/mol. The van der Waals surface area contributed by atoms with Crippen LogP contribution >= 0.6 is 0 Å². The van der Waals surface area contributed by atoms with E-state index in [0.717, 1.165) is 30.5 Å². The number of aryl methyl sites for hydroxylation is 1. The third-order valence-corrected chi connectivity index (χ3v) is 4.09. The molecule has 19 heavy (non-hydrogen) atoms. The molecule has 3 nitrogen and oxygen atoms in total. The first-order valence-electron chi connectivity index (χ1n) is 6.99. The maximum atomic E-state index is 12.3. The lowest BCUT2D eigenvalue weighted by Gasteiger charge is -2.39. The summed E-state index contributed by atoms with van der Waals surface area (Å²) in [6, 6.07) is 8.08. The second-order valence-electron chi connectivity index (χ2n) is 5.72. The molecule has 0 spiro atoms. The van der Waals surface area contributed by atoms with E-state index < -0.39 is 5.54 Å². The van der Waals surface area contributed by atoms with Crippen LogP contribution in [0.2, 0.25) is 0 Å². The maximum Gasteiger partial charge on any atom is 0.331 e. The van der Waals surface area contributed by atoms with E-state index in [-0.39, 0.29) is 5.97 Å². The monoisotopic (exact) mass is 261 g/mol. The summed E-state index contributed by atoms with van der Waals surface area (Å²) >= 11 is 0. The molecule has 2 rings (SSSR count). The molecule has 104 valence electrons. The van der Waals surface area contributed by atoms with E-state index in [0.29, 0.717) is 5.92 Å². The third-order valence-electron chi connectivity index (χ3n) is 4.09. The van der Waals surface area contributed by atoms with Crippen LogP contribution in [0.5, 0.6) is 0 Å². The predicted molar refractivity (Wildman–Crippen MR) is 77.2 cm³/mol. The minimum atomic E-state index is -0.557. The molecule has 0 aromatic heterocycles. The number of esters is 1. The van der Waals surface area contributed by atoms with Crippen LogP contribution in [0.25, 0.3) is 0 Å².